The summed E-state index contributed by atoms with van der Waals surface area (Å²) in [6.45, 7) is 8.64. The van der Waals surface area contributed by atoms with Crippen LogP contribution >= 0.6 is 0 Å². The minimum atomic E-state index is -0.851. The number of nitrogen functional groups attached to an aromatic ring is 1. The average molecular weight is 295 g/mol. The molecule has 0 saturated heterocycles. The molecule has 0 radical (unpaired) electrons. The second kappa shape index (κ2) is 6.47. The molecule has 0 bridgehead atoms. The van der Waals surface area contributed by atoms with Gasteiger partial charge in [-0.2, -0.15) is 0 Å². The second-order valence-corrected chi connectivity index (χ2v) is 5.77. The zero-order valence-corrected chi connectivity index (χ0v) is 12.9. The van der Waals surface area contributed by atoms with Gasteiger partial charge in [0.05, 0.1) is 11.7 Å². The summed E-state index contributed by atoms with van der Waals surface area (Å²) >= 11 is 0. The Morgan fingerprint density at radius 1 is 1.19 bits per heavy atom. The third kappa shape index (κ3) is 5.72. The van der Waals surface area contributed by atoms with Gasteiger partial charge in [0.25, 0.3) is 0 Å². The maximum Gasteiger partial charge on any atom is 0.514 e. The van der Waals surface area contributed by atoms with Gasteiger partial charge in [-0.1, -0.05) is 0 Å². The lowest BCUT2D eigenvalue weighted by Crippen LogP contribution is -2.26. The highest BCUT2D eigenvalue weighted by Gasteiger charge is 2.19. The lowest BCUT2D eigenvalue weighted by Gasteiger charge is -2.19. The van der Waals surface area contributed by atoms with Crippen LogP contribution in [0.4, 0.5) is 10.5 Å². The molecule has 6 heteroatoms. The first kappa shape index (κ1) is 16.8. The summed E-state index contributed by atoms with van der Waals surface area (Å²) in [5.41, 5.74) is 5.45. The fourth-order valence-electron chi connectivity index (χ4n) is 1.42. The van der Waals surface area contributed by atoms with E-state index >= 15 is 0 Å². The summed E-state index contributed by atoms with van der Waals surface area (Å²) in [5.74, 6) is -0.411. The van der Waals surface area contributed by atoms with Crippen LogP contribution in [0.1, 0.15) is 45.0 Å². The van der Waals surface area contributed by atoms with E-state index in [0.717, 1.165) is 0 Å². The molecule has 0 aliphatic carbocycles. The monoisotopic (exact) mass is 295 g/mol. The number of esters is 1. The zero-order valence-electron chi connectivity index (χ0n) is 12.9. The molecule has 1 rings (SSSR count). The van der Waals surface area contributed by atoms with Crippen LogP contribution in [0.2, 0.25) is 0 Å². The Labute approximate surface area is 124 Å². The van der Waals surface area contributed by atoms with E-state index in [1.165, 1.54) is 18.2 Å². The van der Waals surface area contributed by atoms with E-state index in [2.05, 4.69) is 0 Å². The molecule has 0 aromatic heterocycles. The number of hydrogen-bond donors (Lipinski definition) is 1. The lowest BCUT2D eigenvalue weighted by molar-refractivity contribution is 0.0203. The standard InChI is InChI=1S/C15H21NO5/c1-9(2)19-13(17)11-8-10(6-7-12(11)16)20-14(18)21-15(3,4)5/h6-9H,16H2,1-5H3. The van der Waals surface area contributed by atoms with Gasteiger partial charge < -0.3 is 19.9 Å². The highest BCUT2D eigenvalue weighted by Crippen LogP contribution is 2.22. The summed E-state index contributed by atoms with van der Waals surface area (Å²) < 4.78 is 15.1. The summed E-state index contributed by atoms with van der Waals surface area (Å²) in [6.07, 6.45) is -1.12. The van der Waals surface area contributed by atoms with E-state index in [4.69, 9.17) is 19.9 Å². The highest BCUT2D eigenvalue weighted by atomic mass is 16.7. The summed E-state index contributed by atoms with van der Waals surface area (Å²) in [6, 6.07) is 4.30. The van der Waals surface area contributed by atoms with Gasteiger partial charge in [-0.05, 0) is 52.8 Å². The molecule has 0 aliphatic rings. The number of benzene rings is 1. The van der Waals surface area contributed by atoms with Crippen molar-refractivity contribution in [2.24, 2.45) is 0 Å². The number of carbonyl (C=O) groups excluding carboxylic acids is 2. The van der Waals surface area contributed by atoms with Crippen molar-refractivity contribution in [1.29, 1.82) is 0 Å². The lowest BCUT2D eigenvalue weighted by atomic mass is 10.1. The van der Waals surface area contributed by atoms with Crippen molar-refractivity contribution in [1.82, 2.24) is 0 Å². The Morgan fingerprint density at radius 3 is 2.33 bits per heavy atom. The molecule has 21 heavy (non-hydrogen) atoms. The molecule has 0 heterocycles. The highest BCUT2D eigenvalue weighted by molar-refractivity contribution is 5.95. The van der Waals surface area contributed by atoms with Crippen molar-refractivity contribution in [2.45, 2.75) is 46.3 Å². The molecule has 0 aliphatic heterocycles. The van der Waals surface area contributed by atoms with Gasteiger partial charge in [0.2, 0.25) is 0 Å². The molecule has 2 N–H and O–H groups in total. The first-order valence-corrected chi connectivity index (χ1v) is 6.60. The number of hydrogen-bond acceptors (Lipinski definition) is 6. The number of rotatable bonds is 3. The second-order valence-electron chi connectivity index (χ2n) is 5.77. The van der Waals surface area contributed by atoms with Gasteiger partial charge in [-0.3, -0.25) is 0 Å². The Kier molecular flexibility index (Phi) is 5.18. The van der Waals surface area contributed by atoms with Gasteiger partial charge in [0, 0.05) is 5.69 Å². The molecule has 0 spiro atoms. The van der Waals surface area contributed by atoms with E-state index in [1.807, 2.05) is 0 Å². The van der Waals surface area contributed by atoms with Gasteiger partial charge in [-0.15, -0.1) is 0 Å². The maximum atomic E-state index is 11.9. The minimum Gasteiger partial charge on any atom is -0.459 e. The first-order chi connectivity index (χ1) is 9.58. The maximum absolute atomic E-state index is 11.9. The Balaban J connectivity index is 2.87. The van der Waals surface area contributed by atoms with Crippen LogP contribution < -0.4 is 10.5 Å². The van der Waals surface area contributed by atoms with Crippen LogP contribution in [0.3, 0.4) is 0 Å². The predicted octanol–water partition coefficient (Wildman–Crippen LogP) is 3.15. The molecule has 0 saturated carbocycles. The minimum absolute atomic E-state index is 0.143. The fourth-order valence-corrected chi connectivity index (χ4v) is 1.42. The van der Waals surface area contributed by atoms with Crippen molar-refractivity contribution in [2.75, 3.05) is 5.73 Å². The van der Waals surface area contributed by atoms with E-state index in [0.29, 0.717) is 0 Å². The quantitative estimate of drug-likeness (QED) is 0.523. The van der Waals surface area contributed by atoms with Crippen molar-refractivity contribution >= 4 is 17.8 Å². The Morgan fingerprint density at radius 2 is 1.81 bits per heavy atom. The summed E-state index contributed by atoms with van der Waals surface area (Å²) in [4.78, 5) is 23.4. The van der Waals surface area contributed by atoms with Crippen LogP contribution in [-0.2, 0) is 9.47 Å². The molecule has 0 atom stereocenters. The number of anilines is 1. The predicted molar refractivity (Wildman–Crippen MR) is 78.3 cm³/mol. The van der Waals surface area contributed by atoms with E-state index in [9.17, 15) is 9.59 Å². The summed E-state index contributed by atoms with van der Waals surface area (Å²) in [5, 5.41) is 0. The van der Waals surface area contributed by atoms with Gasteiger partial charge in [0.1, 0.15) is 11.4 Å². The molecular formula is C15H21NO5. The smallest absolute Gasteiger partial charge is 0.459 e. The topological polar surface area (TPSA) is 87.8 Å². The van der Waals surface area contributed by atoms with Gasteiger partial charge in [0.15, 0.2) is 0 Å². The van der Waals surface area contributed by atoms with Crippen LogP contribution in [0.25, 0.3) is 0 Å². The zero-order chi connectivity index (χ0) is 16.2. The van der Waals surface area contributed by atoms with E-state index in [-0.39, 0.29) is 23.1 Å². The molecule has 0 unspecified atom stereocenters. The van der Waals surface area contributed by atoms with Crippen molar-refractivity contribution < 1.29 is 23.8 Å². The molecule has 0 fully saturated rings. The first-order valence-electron chi connectivity index (χ1n) is 6.60. The van der Waals surface area contributed by atoms with Crippen LogP contribution in [-0.4, -0.2) is 23.8 Å². The number of carbonyl (C=O) groups is 2. The van der Waals surface area contributed by atoms with Gasteiger partial charge >= 0.3 is 12.1 Å². The number of nitrogens with two attached hydrogens (primary N) is 1. The SMILES string of the molecule is CC(C)OC(=O)c1cc(OC(=O)OC(C)(C)C)ccc1N. The van der Waals surface area contributed by atoms with Crippen molar-refractivity contribution in [3.63, 3.8) is 0 Å². The average Bonchev–Trinajstić information content (AvgIpc) is 2.28. The van der Waals surface area contributed by atoms with Crippen molar-refractivity contribution in [3.05, 3.63) is 23.8 Å². The van der Waals surface area contributed by atoms with Crippen LogP contribution in [0, 0.1) is 0 Å². The van der Waals surface area contributed by atoms with Gasteiger partial charge in [-0.25, -0.2) is 9.59 Å². The third-order valence-corrected chi connectivity index (χ3v) is 2.18. The molecular weight excluding hydrogens is 274 g/mol. The Bertz CT molecular complexity index is 531. The normalized spacial score (nSPS) is 11.1. The molecule has 0 amide bonds. The molecule has 6 nitrogen and oxygen atoms in total. The Hall–Kier alpha value is -2.24. The summed E-state index contributed by atoms with van der Waals surface area (Å²) in [7, 11) is 0. The van der Waals surface area contributed by atoms with E-state index in [1.54, 1.807) is 34.6 Å². The van der Waals surface area contributed by atoms with E-state index < -0.39 is 17.7 Å². The van der Waals surface area contributed by atoms with Crippen LogP contribution in [0.15, 0.2) is 18.2 Å². The fraction of sp³-hybridized carbons (Fsp3) is 0.467. The molecule has 1 aromatic rings. The van der Waals surface area contributed by atoms with Crippen LogP contribution in [0.5, 0.6) is 5.75 Å². The molecule has 1 aromatic carbocycles. The largest absolute Gasteiger partial charge is 0.514 e. The number of ether oxygens (including phenoxy) is 3. The third-order valence-electron chi connectivity index (χ3n) is 2.18. The van der Waals surface area contributed by atoms with Crippen molar-refractivity contribution in [3.8, 4) is 5.75 Å². The molecule has 116 valence electrons.